The molecule has 2 aromatic rings. The Balaban J connectivity index is 1.51. The first kappa shape index (κ1) is 23.0. The Hall–Kier alpha value is -2.80. The molecule has 0 saturated heterocycles. The van der Waals surface area contributed by atoms with Crippen LogP contribution in [0.15, 0.2) is 24.4 Å². The largest absolute Gasteiger partial charge is 0.393 e. The number of rotatable bonds is 6. The third-order valence-electron chi connectivity index (χ3n) is 7.83. The van der Waals surface area contributed by atoms with E-state index in [9.17, 15) is 14.7 Å². The molecule has 1 aromatic heterocycles. The second kappa shape index (κ2) is 8.45. The molecule has 2 amide bonds. The predicted octanol–water partition coefficient (Wildman–Crippen LogP) is 3.79. The van der Waals surface area contributed by atoms with E-state index < -0.39 is 5.91 Å². The van der Waals surface area contributed by atoms with Crippen LogP contribution in [0.3, 0.4) is 0 Å². The lowest BCUT2D eigenvalue weighted by atomic mass is 9.87. The number of nitrogens with one attached hydrogen (secondary N) is 1. The molecule has 0 atom stereocenters. The van der Waals surface area contributed by atoms with Gasteiger partial charge in [0.2, 0.25) is 0 Å². The summed E-state index contributed by atoms with van der Waals surface area (Å²) in [5.74, 6) is 0.299. The van der Waals surface area contributed by atoms with Crippen LogP contribution in [0.25, 0.3) is 5.69 Å². The Kier molecular flexibility index (Phi) is 5.71. The van der Waals surface area contributed by atoms with Gasteiger partial charge in [0.05, 0.1) is 17.2 Å². The highest BCUT2D eigenvalue weighted by atomic mass is 16.3. The number of amides is 2. The number of nitrogens with two attached hydrogens (primary N) is 1. The fraction of sp³-hybridized carbons (Fsp3) is 0.556. The molecule has 1 aliphatic heterocycles. The van der Waals surface area contributed by atoms with Crippen LogP contribution in [0, 0.1) is 12.8 Å². The summed E-state index contributed by atoms with van der Waals surface area (Å²) in [6, 6.07) is 5.84. The molecule has 0 radical (unpaired) electrons. The van der Waals surface area contributed by atoms with Crippen molar-refractivity contribution in [1.82, 2.24) is 9.47 Å². The quantitative estimate of drug-likeness (QED) is 0.606. The van der Waals surface area contributed by atoms with Gasteiger partial charge in [0, 0.05) is 47.8 Å². The average molecular weight is 465 g/mol. The molecular weight excluding hydrogens is 428 g/mol. The van der Waals surface area contributed by atoms with Gasteiger partial charge in [0.15, 0.2) is 0 Å². The average Bonchev–Trinajstić information content (AvgIpc) is 3.54. The fourth-order valence-electron chi connectivity index (χ4n) is 5.64. The number of carbonyl (C=O) groups is 2. The standard InChI is InChI=1S/C27H36N4O3/c1-16-14-30(23-13-27(2,3)31(15-17-4-5-17)26(34)24(16)23)19-8-11-21(25(28)33)22(12-19)29-18-6-9-20(32)10-7-18/h8,11-12,14,17-18,20,29,32H,4-7,9-10,13,15H2,1-3H3,(H2,28,33). The maximum Gasteiger partial charge on any atom is 0.256 e. The van der Waals surface area contributed by atoms with Gasteiger partial charge in [-0.1, -0.05) is 0 Å². The Morgan fingerprint density at radius 2 is 1.88 bits per heavy atom. The Labute approximate surface area is 201 Å². The summed E-state index contributed by atoms with van der Waals surface area (Å²) in [7, 11) is 0. The van der Waals surface area contributed by atoms with Gasteiger partial charge in [0.25, 0.3) is 11.8 Å². The number of hydrogen-bond acceptors (Lipinski definition) is 4. The summed E-state index contributed by atoms with van der Waals surface area (Å²) < 4.78 is 2.11. The van der Waals surface area contributed by atoms with E-state index in [1.807, 2.05) is 25.3 Å². The number of aryl methyl sites for hydroxylation is 1. The molecule has 2 fully saturated rings. The maximum atomic E-state index is 13.6. The van der Waals surface area contributed by atoms with Crippen molar-refractivity contribution in [2.24, 2.45) is 11.7 Å². The molecule has 0 unspecified atom stereocenters. The van der Waals surface area contributed by atoms with E-state index in [2.05, 4.69) is 28.6 Å². The van der Waals surface area contributed by atoms with E-state index in [0.29, 0.717) is 17.2 Å². The van der Waals surface area contributed by atoms with Gasteiger partial charge in [-0.15, -0.1) is 0 Å². The number of hydrogen-bond donors (Lipinski definition) is 3. The summed E-state index contributed by atoms with van der Waals surface area (Å²) in [5.41, 5.74) is 10.3. The highest BCUT2D eigenvalue weighted by Gasteiger charge is 2.43. The number of aliphatic hydroxyl groups excluding tert-OH is 1. The lowest BCUT2D eigenvalue weighted by Gasteiger charge is -2.43. The molecule has 34 heavy (non-hydrogen) atoms. The highest BCUT2D eigenvalue weighted by Crippen LogP contribution is 2.39. The van der Waals surface area contributed by atoms with Crippen LogP contribution in [-0.4, -0.2) is 50.6 Å². The molecule has 7 nitrogen and oxygen atoms in total. The van der Waals surface area contributed by atoms with Crippen molar-refractivity contribution in [3.63, 3.8) is 0 Å². The number of anilines is 1. The zero-order valence-corrected chi connectivity index (χ0v) is 20.4. The summed E-state index contributed by atoms with van der Waals surface area (Å²) in [5, 5.41) is 13.3. The second-order valence-corrected chi connectivity index (χ2v) is 11.1. The molecule has 5 rings (SSSR count). The highest BCUT2D eigenvalue weighted by molar-refractivity contribution is 6.00. The first-order chi connectivity index (χ1) is 16.1. The Morgan fingerprint density at radius 3 is 2.53 bits per heavy atom. The van der Waals surface area contributed by atoms with Gasteiger partial charge < -0.3 is 25.6 Å². The molecule has 0 spiro atoms. The predicted molar refractivity (Wildman–Crippen MR) is 132 cm³/mol. The minimum atomic E-state index is -0.470. The van der Waals surface area contributed by atoms with E-state index in [0.717, 1.165) is 61.2 Å². The van der Waals surface area contributed by atoms with E-state index in [1.54, 1.807) is 6.07 Å². The number of primary amides is 1. The van der Waals surface area contributed by atoms with Crippen LogP contribution in [0.4, 0.5) is 5.69 Å². The lowest BCUT2D eigenvalue weighted by molar-refractivity contribution is 0.0487. The number of nitrogens with zero attached hydrogens (tertiary/aromatic N) is 2. The number of fused-ring (bicyclic) bond motifs is 1. The molecule has 7 heteroatoms. The number of aromatic nitrogens is 1. The smallest absolute Gasteiger partial charge is 0.256 e. The minimum Gasteiger partial charge on any atom is -0.393 e. The second-order valence-electron chi connectivity index (χ2n) is 11.1. The summed E-state index contributed by atoms with van der Waals surface area (Å²) in [6.07, 6.45) is 8.21. The Bertz CT molecular complexity index is 1120. The number of benzene rings is 1. The van der Waals surface area contributed by atoms with E-state index in [-0.39, 0.29) is 23.6 Å². The third-order valence-corrected chi connectivity index (χ3v) is 7.83. The van der Waals surface area contributed by atoms with Crippen LogP contribution in [0.2, 0.25) is 0 Å². The Morgan fingerprint density at radius 1 is 1.18 bits per heavy atom. The molecule has 1 aromatic carbocycles. The maximum absolute atomic E-state index is 13.6. The minimum absolute atomic E-state index is 0.127. The van der Waals surface area contributed by atoms with Gasteiger partial charge in [-0.3, -0.25) is 9.59 Å². The van der Waals surface area contributed by atoms with E-state index in [4.69, 9.17) is 5.73 Å². The van der Waals surface area contributed by atoms with Gasteiger partial charge in [0.1, 0.15) is 0 Å². The number of carbonyl (C=O) groups excluding carboxylic acids is 2. The molecule has 2 aliphatic carbocycles. The summed E-state index contributed by atoms with van der Waals surface area (Å²) in [4.78, 5) is 27.8. The number of aliphatic hydroxyl groups is 1. The van der Waals surface area contributed by atoms with Gasteiger partial charge in [-0.2, -0.15) is 0 Å². The van der Waals surface area contributed by atoms with Crippen LogP contribution in [-0.2, 0) is 6.42 Å². The first-order valence-corrected chi connectivity index (χ1v) is 12.6. The first-order valence-electron chi connectivity index (χ1n) is 12.6. The van der Waals surface area contributed by atoms with Crippen molar-refractivity contribution in [3.05, 3.63) is 46.8 Å². The molecule has 3 aliphatic rings. The monoisotopic (exact) mass is 464 g/mol. The molecule has 182 valence electrons. The van der Waals surface area contributed by atoms with Crippen molar-refractivity contribution in [1.29, 1.82) is 0 Å². The van der Waals surface area contributed by atoms with Crippen LogP contribution >= 0.6 is 0 Å². The molecule has 4 N–H and O–H groups in total. The molecular formula is C27H36N4O3. The van der Waals surface area contributed by atoms with Crippen molar-refractivity contribution in [2.75, 3.05) is 11.9 Å². The van der Waals surface area contributed by atoms with Crippen molar-refractivity contribution in [3.8, 4) is 5.69 Å². The SMILES string of the molecule is Cc1cn(-c2ccc(C(N)=O)c(NC3CCC(O)CC3)c2)c2c1C(=O)N(CC1CC1)C(C)(C)C2. The zero-order valence-electron chi connectivity index (χ0n) is 20.4. The van der Waals surface area contributed by atoms with Crippen molar-refractivity contribution >= 4 is 17.5 Å². The zero-order chi connectivity index (χ0) is 24.2. The third kappa shape index (κ3) is 4.22. The normalized spacial score (nSPS) is 24.1. The molecule has 2 saturated carbocycles. The van der Waals surface area contributed by atoms with Crippen molar-refractivity contribution < 1.29 is 14.7 Å². The van der Waals surface area contributed by atoms with Gasteiger partial charge >= 0.3 is 0 Å². The van der Waals surface area contributed by atoms with E-state index in [1.165, 1.54) is 12.8 Å². The van der Waals surface area contributed by atoms with Crippen LogP contribution < -0.4 is 11.1 Å². The summed E-state index contributed by atoms with van der Waals surface area (Å²) >= 11 is 0. The van der Waals surface area contributed by atoms with Gasteiger partial charge in [-0.05, 0) is 89.0 Å². The molecule has 2 heterocycles. The lowest BCUT2D eigenvalue weighted by Crippen LogP contribution is -2.53. The van der Waals surface area contributed by atoms with E-state index >= 15 is 0 Å². The molecule has 0 bridgehead atoms. The summed E-state index contributed by atoms with van der Waals surface area (Å²) in [6.45, 7) is 7.16. The fourth-order valence-corrected chi connectivity index (χ4v) is 5.64. The van der Waals surface area contributed by atoms with Crippen LogP contribution in [0.5, 0.6) is 0 Å². The van der Waals surface area contributed by atoms with Crippen molar-refractivity contribution in [2.45, 2.75) is 83.4 Å². The van der Waals surface area contributed by atoms with Crippen LogP contribution in [0.1, 0.15) is 84.3 Å². The topological polar surface area (TPSA) is 101 Å². The van der Waals surface area contributed by atoms with Gasteiger partial charge in [-0.25, -0.2) is 0 Å².